The van der Waals surface area contributed by atoms with Gasteiger partial charge < -0.3 is 15.1 Å². The minimum atomic E-state index is -3.40. The van der Waals surface area contributed by atoms with E-state index in [1.807, 2.05) is 0 Å². The first-order valence-electron chi connectivity index (χ1n) is 3.90. The number of carboxylic acid groups (broad SMARTS) is 1. The molecule has 0 aliphatic carbocycles. The number of hydrogen-bond acceptors (Lipinski definition) is 4. The van der Waals surface area contributed by atoms with Crippen LogP contribution in [0.4, 0.5) is 0 Å². The highest BCUT2D eigenvalue weighted by atomic mass is 32.2. The molecule has 0 fully saturated rings. The summed E-state index contributed by atoms with van der Waals surface area (Å²) in [5.41, 5.74) is 0.532. The third kappa shape index (κ3) is 1.59. The quantitative estimate of drug-likeness (QED) is 0.669. The fourth-order valence-corrected chi connectivity index (χ4v) is 1.72. The van der Waals surface area contributed by atoms with Crippen molar-refractivity contribution in [1.29, 1.82) is 0 Å². The van der Waals surface area contributed by atoms with Gasteiger partial charge >= 0.3 is 5.97 Å². The second-order valence-electron chi connectivity index (χ2n) is 3.06. The van der Waals surface area contributed by atoms with Crippen LogP contribution in [0.25, 0.3) is 11.2 Å². The number of hydrogen-bond donors (Lipinski definition) is 3. The average Bonchev–Trinajstić information content (AvgIpc) is 2.55. The zero-order valence-corrected chi connectivity index (χ0v) is 8.42. The Morgan fingerprint density at radius 1 is 1.47 bits per heavy atom. The Morgan fingerprint density at radius 3 is 2.60 bits per heavy atom. The Hall–Kier alpha value is -1.83. The summed E-state index contributed by atoms with van der Waals surface area (Å²) < 4.78 is 22.2. The number of carbonyl (C=O) groups is 1. The van der Waals surface area contributed by atoms with Gasteiger partial charge in [0.2, 0.25) is 15.0 Å². The van der Waals surface area contributed by atoms with Crippen molar-refractivity contribution in [1.82, 2.24) is 15.0 Å². The minimum absolute atomic E-state index is 0.0381. The van der Waals surface area contributed by atoms with Gasteiger partial charge in [0.1, 0.15) is 5.69 Å². The lowest BCUT2D eigenvalue weighted by molar-refractivity contribution is 0.0691. The lowest BCUT2D eigenvalue weighted by atomic mass is 10.4. The summed E-state index contributed by atoms with van der Waals surface area (Å²) in [7, 11) is -3.40. The Bertz CT molecular complexity index is 605. The van der Waals surface area contributed by atoms with Crippen LogP contribution in [0.5, 0.6) is 0 Å². The number of carboxylic acids is 1. The van der Waals surface area contributed by atoms with E-state index in [-0.39, 0.29) is 16.5 Å². The van der Waals surface area contributed by atoms with Gasteiger partial charge in [0.25, 0.3) is 0 Å². The number of aromatic carboxylic acids is 1. The molecule has 3 N–H and O–H groups in total. The van der Waals surface area contributed by atoms with Gasteiger partial charge in [0.05, 0.1) is 5.52 Å². The van der Waals surface area contributed by atoms with Crippen molar-refractivity contribution >= 4 is 27.0 Å². The van der Waals surface area contributed by atoms with E-state index < -0.39 is 15.8 Å². The molecule has 0 aliphatic rings. The maximum Gasteiger partial charge on any atom is 0.352 e. The monoisotopic (exact) mass is 229 g/mol. The number of fused-ring (bicyclic) bond motifs is 1. The fraction of sp³-hybridized carbons (Fsp3) is 0.143. The van der Waals surface area contributed by atoms with Gasteiger partial charge in [0.15, 0.2) is 5.65 Å². The Morgan fingerprint density at radius 2 is 2.13 bits per heavy atom. The molecule has 8 heteroatoms. The Balaban J connectivity index is 2.62. The van der Waals surface area contributed by atoms with Crippen molar-refractivity contribution in [3.8, 4) is 0 Å². The Labute approximate surface area is 84.1 Å². The van der Waals surface area contributed by atoms with E-state index in [0.717, 1.165) is 6.26 Å². The lowest BCUT2D eigenvalue weighted by Crippen LogP contribution is -2.00. The minimum Gasteiger partial charge on any atom is -0.477 e. The number of nitrogens with one attached hydrogen (secondary N) is 2. The van der Waals surface area contributed by atoms with Crippen LogP contribution in [0.2, 0.25) is 0 Å². The molecule has 15 heavy (non-hydrogen) atoms. The molecule has 0 amide bonds. The van der Waals surface area contributed by atoms with E-state index in [1.165, 1.54) is 6.07 Å². The fourth-order valence-electron chi connectivity index (χ4n) is 1.16. The highest BCUT2D eigenvalue weighted by Crippen LogP contribution is 2.15. The van der Waals surface area contributed by atoms with E-state index in [4.69, 9.17) is 5.11 Å². The largest absolute Gasteiger partial charge is 0.477 e. The maximum absolute atomic E-state index is 11.1. The summed E-state index contributed by atoms with van der Waals surface area (Å²) >= 11 is 0. The number of rotatable bonds is 2. The average molecular weight is 229 g/mol. The molecule has 0 saturated heterocycles. The van der Waals surface area contributed by atoms with E-state index >= 15 is 0 Å². The highest BCUT2D eigenvalue weighted by molar-refractivity contribution is 7.90. The smallest absolute Gasteiger partial charge is 0.352 e. The molecule has 2 aromatic heterocycles. The van der Waals surface area contributed by atoms with Gasteiger partial charge in [-0.1, -0.05) is 0 Å². The second kappa shape index (κ2) is 2.83. The van der Waals surface area contributed by atoms with Crippen LogP contribution in [-0.2, 0) is 9.84 Å². The number of aromatic nitrogens is 3. The predicted molar refractivity (Wildman–Crippen MR) is 50.5 cm³/mol. The van der Waals surface area contributed by atoms with Crippen LogP contribution >= 0.6 is 0 Å². The van der Waals surface area contributed by atoms with Gasteiger partial charge in [-0.05, 0) is 6.07 Å². The van der Waals surface area contributed by atoms with Crippen LogP contribution in [-0.4, -0.2) is 40.7 Å². The van der Waals surface area contributed by atoms with Gasteiger partial charge in [-0.15, -0.1) is 0 Å². The van der Waals surface area contributed by atoms with E-state index in [9.17, 15) is 13.2 Å². The van der Waals surface area contributed by atoms with Crippen molar-refractivity contribution < 1.29 is 18.3 Å². The molecule has 0 radical (unpaired) electrons. The third-order valence-electron chi connectivity index (χ3n) is 1.83. The SMILES string of the molecule is CS(=O)(=O)c1nc2[nH]c(C(=O)O)cc2[nH]1. The van der Waals surface area contributed by atoms with Crippen molar-refractivity contribution in [2.45, 2.75) is 5.16 Å². The highest BCUT2D eigenvalue weighted by Gasteiger charge is 2.16. The number of imidazole rings is 1. The van der Waals surface area contributed by atoms with Crippen molar-refractivity contribution in [2.75, 3.05) is 6.26 Å². The molecule has 0 aliphatic heterocycles. The number of aromatic amines is 2. The summed E-state index contributed by atoms with van der Waals surface area (Å²) in [6.07, 6.45) is 1.02. The summed E-state index contributed by atoms with van der Waals surface area (Å²) in [4.78, 5) is 19.3. The second-order valence-corrected chi connectivity index (χ2v) is 5.00. The summed E-state index contributed by atoms with van der Waals surface area (Å²) in [5.74, 6) is -1.12. The zero-order chi connectivity index (χ0) is 11.2. The molecule has 0 atom stereocenters. The van der Waals surface area contributed by atoms with Crippen LogP contribution < -0.4 is 0 Å². The van der Waals surface area contributed by atoms with Gasteiger partial charge in [-0.3, -0.25) is 0 Å². The Kier molecular flexibility index (Phi) is 1.83. The van der Waals surface area contributed by atoms with E-state index in [1.54, 1.807) is 0 Å². The summed E-state index contributed by atoms with van der Waals surface area (Å²) in [6, 6.07) is 1.29. The number of nitrogens with zero attached hydrogens (tertiary/aromatic N) is 1. The first-order chi connectivity index (χ1) is 6.88. The molecule has 2 rings (SSSR count). The summed E-state index contributed by atoms with van der Waals surface area (Å²) in [5, 5.41) is 8.46. The lowest BCUT2D eigenvalue weighted by Gasteiger charge is -1.88. The molecule has 2 aromatic rings. The summed E-state index contributed by atoms with van der Waals surface area (Å²) in [6.45, 7) is 0. The first-order valence-corrected chi connectivity index (χ1v) is 5.79. The van der Waals surface area contributed by atoms with Gasteiger partial charge in [0, 0.05) is 6.26 Å². The molecule has 0 bridgehead atoms. The van der Waals surface area contributed by atoms with Crippen LogP contribution in [0.3, 0.4) is 0 Å². The van der Waals surface area contributed by atoms with Gasteiger partial charge in [-0.2, -0.15) is 0 Å². The van der Waals surface area contributed by atoms with Crippen molar-refractivity contribution in [3.05, 3.63) is 11.8 Å². The van der Waals surface area contributed by atoms with Crippen LogP contribution in [0.1, 0.15) is 10.5 Å². The zero-order valence-electron chi connectivity index (χ0n) is 7.60. The molecular formula is C7H7N3O4S. The third-order valence-corrected chi connectivity index (χ3v) is 2.73. The van der Waals surface area contributed by atoms with Crippen molar-refractivity contribution in [3.63, 3.8) is 0 Å². The van der Waals surface area contributed by atoms with Crippen molar-refractivity contribution in [2.24, 2.45) is 0 Å². The van der Waals surface area contributed by atoms with Crippen LogP contribution in [0.15, 0.2) is 11.2 Å². The molecule has 80 valence electrons. The number of H-pyrrole nitrogens is 2. The van der Waals surface area contributed by atoms with E-state index in [0.29, 0.717) is 5.52 Å². The molecule has 7 nitrogen and oxygen atoms in total. The molecule has 2 heterocycles. The van der Waals surface area contributed by atoms with Crippen LogP contribution in [0, 0.1) is 0 Å². The maximum atomic E-state index is 11.1. The predicted octanol–water partition coefficient (Wildman–Crippen LogP) is -0.00730. The normalized spacial score (nSPS) is 12.1. The standard InChI is InChI=1S/C7H7N3O4S/c1-15(13,14)7-9-3-2-4(6(11)12)8-5(3)10-7/h2,8H,1H3,(H,9,10)(H,11,12). The molecular weight excluding hydrogens is 222 g/mol. The number of sulfone groups is 1. The first kappa shape index (κ1) is 9.71. The molecule has 0 spiro atoms. The molecule has 0 aromatic carbocycles. The van der Waals surface area contributed by atoms with Gasteiger partial charge in [-0.25, -0.2) is 18.2 Å². The van der Waals surface area contributed by atoms with E-state index in [2.05, 4.69) is 15.0 Å². The molecule has 0 unspecified atom stereocenters. The topological polar surface area (TPSA) is 116 Å². The molecule has 0 saturated carbocycles.